The van der Waals surface area contributed by atoms with Crippen LogP contribution in [-0.4, -0.2) is 23.5 Å². The van der Waals surface area contributed by atoms with Crippen molar-refractivity contribution < 1.29 is 4.79 Å². The van der Waals surface area contributed by atoms with Crippen LogP contribution in [0.1, 0.15) is 17.3 Å². The second-order valence-electron chi connectivity index (χ2n) is 2.98. The Kier molecular flexibility index (Phi) is 4.03. The summed E-state index contributed by atoms with van der Waals surface area (Å²) in [7, 11) is 0. The molecule has 0 aliphatic carbocycles. The third-order valence-corrected chi connectivity index (χ3v) is 2.19. The number of amides is 1. The molecule has 1 aromatic heterocycles. The number of carbonyl (C=O) groups excluding carboxylic acids is 1. The first-order chi connectivity index (χ1) is 6.63. The second-order valence-corrected chi connectivity index (χ2v) is 3.79. The third kappa shape index (κ3) is 3.08. The first-order valence-electron chi connectivity index (χ1n) is 4.26. The number of nitrogens with zero attached hydrogens (tertiary/aromatic N) is 1. The van der Waals surface area contributed by atoms with Crippen molar-refractivity contribution in [1.82, 2.24) is 10.3 Å². The van der Waals surface area contributed by atoms with Crippen molar-refractivity contribution in [1.29, 1.82) is 0 Å². The van der Waals surface area contributed by atoms with E-state index in [0.717, 1.165) is 0 Å². The minimum atomic E-state index is -0.150. The van der Waals surface area contributed by atoms with Crippen molar-refractivity contribution in [3.63, 3.8) is 0 Å². The fourth-order valence-corrected chi connectivity index (χ4v) is 1.11. The van der Waals surface area contributed by atoms with Crippen molar-refractivity contribution in [2.75, 3.05) is 6.54 Å². The zero-order valence-electron chi connectivity index (χ0n) is 7.83. The van der Waals surface area contributed by atoms with E-state index in [-0.39, 0.29) is 11.9 Å². The summed E-state index contributed by atoms with van der Waals surface area (Å²) in [6.07, 6.45) is 1.52. The van der Waals surface area contributed by atoms with E-state index < -0.39 is 0 Å². The largest absolute Gasteiger partial charge is 0.348 e. The van der Waals surface area contributed by atoms with Gasteiger partial charge in [-0.25, -0.2) is 4.98 Å². The lowest BCUT2D eigenvalue weighted by atomic mass is 10.2. The molecule has 3 N–H and O–H groups in total. The molecule has 1 aromatic rings. The van der Waals surface area contributed by atoms with E-state index in [1.165, 1.54) is 6.20 Å². The highest BCUT2D eigenvalue weighted by Gasteiger charge is 2.08. The molecule has 14 heavy (non-hydrogen) atoms. The van der Waals surface area contributed by atoms with Gasteiger partial charge in [-0.1, -0.05) is 0 Å². The van der Waals surface area contributed by atoms with Crippen molar-refractivity contribution in [2.45, 2.75) is 13.0 Å². The number of rotatable bonds is 3. The molecule has 76 valence electrons. The predicted molar refractivity (Wildman–Crippen MR) is 57.9 cm³/mol. The minimum absolute atomic E-state index is 0.0221. The van der Waals surface area contributed by atoms with E-state index in [1.807, 2.05) is 6.92 Å². The molecule has 1 rings (SSSR count). The van der Waals surface area contributed by atoms with Gasteiger partial charge in [0.05, 0.1) is 5.56 Å². The van der Waals surface area contributed by atoms with Gasteiger partial charge in [0.25, 0.3) is 5.91 Å². The maximum Gasteiger partial charge on any atom is 0.253 e. The van der Waals surface area contributed by atoms with Crippen LogP contribution >= 0.6 is 15.9 Å². The highest BCUT2D eigenvalue weighted by molar-refractivity contribution is 9.10. The Labute approximate surface area is 91.0 Å². The number of hydrogen-bond donors (Lipinski definition) is 2. The minimum Gasteiger partial charge on any atom is -0.348 e. The molecule has 1 heterocycles. The number of aromatic nitrogens is 1. The standard InChI is InChI=1S/C9H12BrN3O/c1-6(4-11)13-9(14)7-2-3-8(10)12-5-7/h2-3,5-6H,4,11H2,1H3,(H,13,14)/t6-/m0/s1. The summed E-state index contributed by atoms with van der Waals surface area (Å²) in [5, 5.41) is 2.75. The fourth-order valence-electron chi connectivity index (χ4n) is 0.876. The quantitative estimate of drug-likeness (QED) is 0.792. The monoisotopic (exact) mass is 257 g/mol. The molecule has 5 heteroatoms. The molecule has 4 nitrogen and oxygen atoms in total. The van der Waals surface area contributed by atoms with Gasteiger partial charge in [-0.15, -0.1) is 0 Å². The summed E-state index contributed by atoms with van der Waals surface area (Å²) >= 11 is 3.20. The van der Waals surface area contributed by atoms with Crippen LogP contribution < -0.4 is 11.1 Å². The summed E-state index contributed by atoms with van der Waals surface area (Å²) in [4.78, 5) is 15.5. The molecular formula is C9H12BrN3O. The summed E-state index contributed by atoms with van der Waals surface area (Å²) < 4.78 is 0.709. The number of hydrogen-bond acceptors (Lipinski definition) is 3. The Morgan fingerprint density at radius 3 is 2.93 bits per heavy atom. The van der Waals surface area contributed by atoms with Crippen LogP contribution in [0.5, 0.6) is 0 Å². The normalized spacial score (nSPS) is 12.2. The molecule has 0 saturated carbocycles. The molecule has 1 amide bonds. The average molecular weight is 258 g/mol. The van der Waals surface area contributed by atoms with Crippen LogP contribution in [0, 0.1) is 0 Å². The topological polar surface area (TPSA) is 68.0 Å². The number of carbonyl (C=O) groups is 1. The van der Waals surface area contributed by atoms with E-state index in [2.05, 4.69) is 26.2 Å². The van der Waals surface area contributed by atoms with Gasteiger partial charge in [-0.2, -0.15) is 0 Å². The Bertz CT molecular complexity index is 312. The highest BCUT2D eigenvalue weighted by Crippen LogP contribution is 2.06. The van der Waals surface area contributed by atoms with Crippen molar-refractivity contribution in [3.05, 3.63) is 28.5 Å². The van der Waals surface area contributed by atoms with Gasteiger partial charge >= 0.3 is 0 Å². The second kappa shape index (κ2) is 5.07. The molecule has 0 fully saturated rings. The van der Waals surface area contributed by atoms with Gasteiger partial charge in [-0.05, 0) is 35.0 Å². The Morgan fingerprint density at radius 2 is 2.43 bits per heavy atom. The average Bonchev–Trinajstić information content (AvgIpc) is 2.18. The van der Waals surface area contributed by atoms with E-state index in [9.17, 15) is 4.79 Å². The van der Waals surface area contributed by atoms with Crippen molar-refractivity contribution in [2.24, 2.45) is 5.73 Å². The number of nitrogens with one attached hydrogen (secondary N) is 1. The molecule has 0 radical (unpaired) electrons. The van der Waals surface area contributed by atoms with Crippen LogP contribution in [-0.2, 0) is 0 Å². The summed E-state index contributed by atoms with van der Waals surface area (Å²) in [6.45, 7) is 2.28. The molecule has 0 aliphatic heterocycles. The van der Waals surface area contributed by atoms with Gasteiger partial charge < -0.3 is 11.1 Å². The Balaban J connectivity index is 2.65. The Morgan fingerprint density at radius 1 is 1.71 bits per heavy atom. The summed E-state index contributed by atoms with van der Waals surface area (Å²) in [5.41, 5.74) is 5.92. The van der Waals surface area contributed by atoms with E-state index in [4.69, 9.17) is 5.73 Å². The van der Waals surface area contributed by atoms with Gasteiger partial charge in [-0.3, -0.25) is 4.79 Å². The zero-order chi connectivity index (χ0) is 10.6. The van der Waals surface area contributed by atoms with E-state index in [1.54, 1.807) is 12.1 Å². The lowest BCUT2D eigenvalue weighted by Crippen LogP contribution is -2.37. The maximum absolute atomic E-state index is 11.5. The highest BCUT2D eigenvalue weighted by atomic mass is 79.9. The molecule has 1 atom stereocenters. The smallest absolute Gasteiger partial charge is 0.253 e. The van der Waals surface area contributed by atoms with Crippen molar-refractivity contribution in [3.8, 4) is 0 Å². The van der Waals surface area contributed by atoms with Crippen molar-refractivity contribution >= 4 is 21.8 Å². The third-order valence-electron chi connectivity index (χ3n) is 1.72. The Hall–Kier alpha value is -0.940. The molecule has 0 spiro atoms. The van der Waals surface area contributed by atoms with Gasteiger partial charge in [0.15, 0.2) is 0 Å². The number of halogens is 1. The van der Waals surface area contributed by atoms with Crippen LogP contribution in [0.15, 0.2) is 22.9 Å². The van der Waals surface area contributed by atoms with E-state index in [0.29, 0.717) is 16.7 Å². The fraction of sp³-hybridized carbons (Fsp3) is 0.333. The summed E-state index contributed by atoms with van der Waals surface area (Å²) in [6, 6.07) is 3.41. The first-order valence-corrected chi connectivity index (χ1v) is 5.05. The van der Waals surface area contributed by atoms with Gasteiger partial charge in [0.1, 0.15) is 4.60 Å². The SMILES string of the molecule is C[C@@H](CN)NC(=O)c1ccc(Br)nc1. The molecular weight excluding hydrogens is 246 g/mol. The lowest BCUT2D eigenvalue weighted by Gasteiger charge is -2.10. The van der Waals surface area contributed by atoms with Crippen LogP contribution in [0.3, 0.4) is 0 Å². The lowest BCUT2D eigenvalue weighted by molar-refractivity contribution is 0.0941. The molecule has 0 unspecified atom stereocenters. The van der Waals surface area contributed by atoms with Gasteiger partial charge in [0, 0.05) is 18.8 Å². The summed E-state index contributed by atoms with van der Waals surface area (Å²) in [5.74, 6) is -0.150. The van der Waals surface area contributed by atoms with Crippen LogP contribution in [0.2, 0.25) is 0 Å². The maximum atomic E-state index is 11.5. The molecule has 0 aromatic carbocycles. The molecule has 0 aliphatic rings. The molecule has 0 bridgehead atoms. The predicted octanol–water partition coefficient (Wildman–Crippen LogP) is 0.921. The molecule has 0 saturated heterocycles. The van der Waals surface area contributed by atoms with E-state index >= 15 is 0 Å². The van der Waals surface area contributed by atoms with Crippen LogP contribution in [0.4, 0.5) is 0 Å². The zero-order valence-corrected chi connectivity index (χ0v) is 9.41. The number of pyridine rings is 1. The van der Waals surface area contributed by atoms with Crippen LogP contribution in [0.25, 0.3) is 0 Å². The number of nitrogens with two attached hydrogens (primary N) is 1. The van der Waals surface area contributed by atoms with Gasteiger partial charge in [0.2, 0.25) is 0 Å². The first kappa shape index (κ1) is 11.1.